The molecule has 0 radical (unpaired) electrons. The Morgan fingerprint density at radius 1 is 1.15 bits per heavy atom. The Kier molecular flexibility index (Phi) is 5.03. The molecule has 1 aromatic carbocycles. The average Bonchev–Trinajstić information content (AvgIpc) is 2.89. The van der Waals surface area contributed by atoms with Crippen LogP contribution in [0, 0.1) is 26.7 Å². The Morgan fingerprint density at radius 3 is 2.42 bits per heavy atom. The molecule has 6 nitrogen and oxygen atoms in total. The fourth-order valence-corrected chi connectivity index (χ4v) is 5.28. The van der Waals surface area contributed by atoms with Crippen LogP contribution in [0.15, 0.2) is 29.2 Å². The molecule has 0 spiro atoms. The molecule has 1 aliphatic rings. The number of piperidine rings is 1. The fraction of sp³-hybridized carbons (Fsp3) is 0.474. The quantitative estimate of drug-likeness (QED) is 0.827. The first-order valence-corrected chi connectivity index (χ1v) is 10.3. The normalized spacial score (nSPS) is 16.8. The highest BCUT2D eigenvalue weighted by molar-refractivity contribution is 7.89. The first kappa shape index (κ1) is 18.8. The van der Waals surface area contributed by atoms with E-state index in [1.54, 1.807) is 32.0 Å². The van der Waals surface area contributed by atoms with Crippen molar-refractivity contribution in [1.82, 2.24) is 14.1 Å². The third-order valence-electron chi connectivity index (χ3n) is 5.02. The molecule has 26 heavy (non-hydrogen) atoms. The van der Waals surface area contributed by atoms with Gasteiger partial charge in [-0.25, -0.2) is 8.42 Å². The van der Waals surface area contributed by atoms with E-state index in [0.717, 1.165) is 18.4 Å². The van der Waals surface area contributed by atoms with Gasteiger partial charge in [-0.3, -0.25) is 4.79 Å². The van der Waals surface area contributed by atoms with E-state index in [1.165, 1.54) is 8.99 Å². The van der Waals surface area contributed by atoms with Crippen molar-refractivity contribution in [2.45, 2.75) is 45.4 Å². The van der Waals surface area contributed by atoms with Crippen molar-refractivity contribution in [3.05, 3.63) is 46.8 Å². The lowest BCUT2D eigenvalue weighted by molar-refractivity contribution is 0.0942. The summed E-state index contributed by atoms with van der Waals surface area (Å²) < 4.78 is 29.0. The minimum Gasteiger partial charge on any atom is -0.267 e. The molecule has 0 N–H and O–H groups in total. The van der Waals surface area contributed by atoms with Crippen molar-refractivity contribution in [3.63, 3.8) is 0 Å². The number of sulfonamides is 1. The standard InChI is InChI=1S/C19H25N3O3S/c1-13-8-10-21(11-9-13)26(24,25)18-15(3)20-22(16(18)4)19(23)17-7-5-6-14(2)12-17/h5-7,12-13H,8-11H2,1-4H3. The van der Waals surface area contributed by atoms with Gasteiger partial charge in [0.2, 0.25) is 10.0 Å². The number of hydrogen-bond donors (Lipinski definition) is 0. The summed E-state index contributed by atoms with van der Waals surface area (Å²) in [7, 11) is -3.65. The maximum absolute atomic E-state index is 13.1. The fourth-order valence-electron chi connectivity index (χ4n) is 3.45. The van der Waals surface area contributed by atoms with Crippen molar-refractivity contribution < 1.29 is 13.2 Å². The largest absolute Gasteiger partial charge is 0.278 e. The molecule has 0 atom stereocenters. The molecular formula is C19H25N3O3S. The van der Waals surface area contributed by atoms with Gasteiger partial charge in [0.25, 0.3) is 5.91 Å². The van der Waals surface area contributed by atoms with Crippen molar-refractivity contribution >= 4 is 15.9 Å². The van der Waals surface area contributed by atoms with Gasteiger partial charge >= 0.3 is 0 Å². The lowest BCUT2D eigenvalue weighted by Crippen LogP contribution is -2.38. The van der Waals surface area contributed by atoms with Gasteiger partial charge in [0.05, 0.1) is 11.4 Å². The number of hydrogen-bond acceptors (Lipinski definition) is 4. The lowest BCUT2D eigenvalue weighted by Gasteiger charge is -2.29. The van der Waals surface area contributed by atoms with E-state index in [9.17, 15) is 13.2 Å². The molecule has 3 rings (SSSR count). The van der Waals surface area contributed by atoms with Crippen LogP contribution in [0.1, 0.15) is 47.1 Å². The molecule has 0 amide bonds. The Morgan fingerprint density at radius 2 is 1.81 bits per heavy atom. The number of carbonyl (C=O) groups is 1. The second-order valence-electron chi connectivity index (χ2n) is 7.17. The monoisotopic (exact) mass is 375 g/mol. The summed E-state index contributed by atoms with van der Waals surface area (Å²) in [5, 5.41) is 4.25. The zero-order valence-corrected chi connectivity index (χ0v) is 16.5. The van der Waals surface area contributed by atoms with Crippen LogP contribution in [0.25, 0.3) is 0 Å². The highest BCUT2D eigenvalue weighted by Crippen LogP contribution is 2.28. The summed E-state index contributed by atoms with van der Waals surface area (Å²) in [4.78, 5) is 13.0. The number of aromatic nitrogens is 2. The minimum absolute atomic E-state index is 0.160. The molecule has 7 heteroatoms. The number of benzene rings is 1. The van der Waals surface area contributed by atoms with E-state index in [1.807, 2.05) is 13.0 Å². The summed E-state index contributed by atoms with van der Waals surface area (Å²) in [5.74, 6) is 0.220. The minimum atomic E-state index is -3.65. The molecule has 140 valence electrons. The SMILES string of the molecule is Cc1cccc(C(=O)n2nc(C)c(S(=O)(=O)N3CCC(C)CC3)c2C)c1. The van der Waals surface area contributed by atoms with E-state index in [0.29, 0.717) is 36.0 Å². The molecule has 0 bridgehead atoms. The van der Waals surface area contributed by atoms with Gasteiger partial charge in [0, 0.05) is 18.7 Å². The van der Waals surface area contributed by atoms with Gasteiger partial charge in [-0.1, -0.05) is 24.6 Å². The summed E-state index contributed by atoms with van der Waals surface area (Å²) >= 11 is 0. The smallest absolute Gasteiger partial charge is 0.267 e. The van der Waals surface area contributed by atoms with Gasteiger partial charge < -0.3 is 0 Å². The van der Waals surface area contributed by atoms with Crippen LogP contribution in [-0.2, 0) is 10.0 Å². The highest BCUT2D eigenvalue weighted by Gasteiger charge is 2.34. The third-order valence-corrected chi connectivity index (χ3v) is 7.17. The number of rotatable bonds is 3. The molecule has 0 unspecified atom stereocenters. The number of carbonyl (C=O) groups excluding carboxylic acids is 1. The summed E-state index contributed by atoms with van der Waals surface area (Å²) in [6, 6.07) is 7.21. The molecule has 2 aromatic rings. The van der Waals surface area contributed by atoms with Crippen LogP contribution in [0.2, 0.25) is 0 Å². The topological polar surface area (TPSA) is 72.3 Å². The second-order valence-corrected chi connectivity index (χ2v) is 9.05. The predicted octanol–water partition coefficient (Wildman–Crippen LogP) is 2.92. The van der Waals surface area contributed by atoms with E-state index in [4.69, 9.17) is 0 Å². The Balaban J connectivity index is 1.99. The summed E-state index contributed by atoms with van der Waals surface area (Å²) in [6.45, 7) is 8.36. The third kappa shape index (κ3) is 3.33. The van der Waals surface area contributed by atoms with E-state index >= 15 is 0 Å². The first-order chi connectivity index (χ1) is 12.2. The number of nitrogens with zero attached hydrogens (tertiary/aromatic N) is 3. The number of aryl methyl sites for hydroxylation is 2. The van der Waals surface area contributed by atoms with Crippen LogP contribution >= 0.6 is 0 Å². The van der Waals surface area contributed by atoms with Crippen molar-refractivity contribution in [2.75, 3.05) is 13.1 Å². The maximum Gasteiger partial charge on any atom is 0.278 e. The van der Waals surface area contributed by atoms with Crippen molar-refractivity contribution in [3.8, 4) is 0 Å². The molecule has 2 heterocycles. The van der Waals surface area contributed by atoms with Crippen LogP contribution in [0.5, 0.6) is 0 Å². The van der Waals surface area contributed by atoms with E-state index in [-0.39, 0.29) is 10.8 Å². The van der Waals surface area contributed by atoms with Crippen LogP contribution in [-0.4, -0.2) is 41.5 Å². The summed E-state index contributed by atoms with van der Waals surface area (Å²) in [6.07, 6.45) is 1.71. The predicted molar refractivity (Wildman–Crippen MR) is 99.8 cm³/mol. The Labute approximate surface area is 154 Å². The van der Waals surface area contributed by atoms with Gasteiger partial charge in [-0.2, -0.15) is 14.1 Å². The van der Waals surface area contributed by atoms with Gasteiger partial charge in [-0.05, 0) is 51.7 Å². The van der Waals surface area contributed by atoms with Gasteiger partial charge in [0.15, 0.2) is 0 Å². The highest BCUT2D eigenvalue weighted by atomic mass is 32.2. The molecule has 1 aliphatic heterocycles. The van der Waals surface area contributed by atoms with E-state index < -0.39 is 10.0 Å². The second kappa shape index (κ2) is 6.96. The lowest BCUT2D eigenvalue weighted by atomic mass is 10.0. The molecule has 1 aromatic heterocycles. The maximum atomic E-state index is 13.1. The first-order valence-electron chi connectivity index (χ1n) is 8.89. The van der Waals surface area contributed by atoms with Crippen molar-refractivity contribution in [1.29, 1.82) is 0 Å². The van der Waals surface area contributed by atoms with Crippen LogP contribution in [0.4, 0.5) is 0 Å². The van der Waals surface area contributed by atoms with Crippen molar-refractivity contribution in [2.24, 2.45) is 5.92 Å². The molecule has 1 fully saturated rings. The Bertz CT molecular complexity index is 939. The zero-order chi connectivity index (χ0) is 19.1. The zero-order valence-electron chi connectivity index (χ0n) is 15.7. The molecule has 0 aliphatic carbocycles. The Hall–Kier alpha value is -1.99. The molecule has 1 saturated heterocycles. The molecule has 0 saturated carbocycles. The van der Waals surface area contributed by atoms with Gasteiger partial charge in [0.1, 0.15) is 4.90 Å². The van der Waals surface area contributed by atoms with Gasteiger partial charge in [-0.15, -0.1) is 0 Å². The van der Waals surface area contributed by atoms with Crippen LogP contribution in [0.3, 0.4) is 0 Å². The summed E-state index contributed by atoms with van der Waals surface area (Å²) in [5.41, 5.74) is 2.19. The molecular weight excluding hydrogens is 350 g/mol. The van der Waals surface area contributed by atoms with E-state index in [2.05, 4.69) is 12.0 Å². The average molecular weight is 375 g/mol. The van der Waals surface area contributed by atoms with Crippen LogP contribution < -0.4 is 0 Å².